The molecule has 0 fully saturated rings. The van der Waals surface area contributed by atoms with E-state index < -0.39 is 0 Å². The van der Waals surface area contributed by atoms with Crippen molar-refractivity contribution in [1.29, 1.82) is 0 Å². The second kappa shape index (κ2) is 5.75. The number of amides is 1. The van der Waals surface area contributed by atoms with E-state index in [9.17, 15) is 4.79 Å². The van der Waals surface area contributed by atoms with E-state index in [1.807, 2.05) is 0 Å². The van der Waals surface area contributed by atoms with Gasteiger partial charge in [-0.3, -0.25) is 10.1 Å². The highest BCUT2D eigenvalue weighted by Gasteiger charge is 2.09. The van der Waals surface area contributed by atoms with Crippen LogP contribution in [0.25, 0.3) is 0 Å². The standard InChI is InChI=1S/C12H11BrN4O2/c1-7-5-10(19-2)16-12(15-7)17-11(18)8-3-4-9(13)14-6-8/h3-6H,1-2H3,(H,15,16,17,18). The van der Waals surface area contributed by atoms with Gasteiger partial charge in [0.1, 0.15) is 4.60 Å². The molecule has 1 amide bonds. The molecule has 0 radical (unpaired) electrons. The van der Waals surface area contributed by atoms with Crippen LogP contribution in [0, 0.1) is 6.92 Å². The number of hydrogen-bond donors (Lipinski definition) is 1. The molecule has 0 aromatic carbocycles. The highest BCUT2D eigenvalue weighted by atomic mass is 79.9. The number of methoxy groups -OCH3 is 1. The van der Waals surface area contributed by atoms with Gasteiger partial charge in [-0.1, -0.05) is 0 Å². The summed E-state index contributed by atoms with van der Waals surface area (Å²) in [4.78, 5) is 24.1. The SMILES string of the molecule is COc1cc(C)nc(NC(=O)c2ccc(Br)nc2)n1. The van der Waals surface area contributed by atoms with E-state index in [0.29, 0.717) is 21.7 Å². The molecular weight excluding hydrogens is 312 g/mol. The van der Waals surface area contributed by atoms with Crippen LogP contribution in [0.1, 0.15) is 16.1 Å². The van der Waals surface area contributed by atoms with Gasteiger partial charge in [-0.05, 0) is 35.0 Å². The monoisotopic (exact) mass is 322 g/mol. The summed E-state index contributed by atoms with van der Waals surface area (Å²) in [6.07, 6.45) is 1.46. The Morgan fingerprint density at radius 2 is 2.16 bits per heavy atom. The first kappa shape index (κ1) is 13.4. The summed E-state index contributed by atoms with van der Waals surface area (Å²) >= 11 is 3.21. The van der Waals surface area contributed by atoms with Gasteiger partial charge in [-0.15, -0.1) is 0 Å². The summed E-state index contributed by atoms with van der Waals surface area (Å²) in [6.45, 7) is 1.79. The maximum atomic E-state index is 11.9. The third kappa shape index (κ3) is 3.47. The number of pyridine rings is 1. The van der Waals surface area contributed by atoms with Gasteiger partial charge in [0.15, 0.2) is 0 Å². The molecule has 7 heteroatoms. The minimum atomic E-state index is -0.326. The molecule has 0 aliphatic heterocycles. The average molecular weight is 323 g/mol. The van der Waals surface area contributed by atoms with Crippen LogP contribution >= 0.6 is 15.9 Å². The van der Waals surface area contributed by atoms with Crippen LogP contribution in [0.2, 0.25) is 0 Å². The van der Waals surface area contributed by atoms with Crippen molar-refractivity contribution in [3.63, 3.8) is 0 Å². The lowest BCUT2D eigenvalue weighted by molar-refractivity contribution is 0.102. The van der Waals surface area contributed by atoms with Crippen LogP contribution in [0.4, 0.5) is 5.95 Å². The number of halogens is 1. The third-order valence-electron chi connectivity index (χ3n) is 2.25. The number of nitrogens with one attached hydrogen (secondary N) is 1. The van der Waals surface area contributed by atoms with E-state index in [4.69, 9.17) is 4.74 Å². The number of anilines is 1. The lowest BCUT2D eigenvalue weighted by atomic mass is 10.3. The Hall–Kier alpha value is -2.02. The summed E-state index contributed by atoms with van der Waals surface area (Å²) in [5.74, 6) is 0.272. The van der Waals surface area contributed by atoms with Gasteiger partial charge in [-0.25, -0.2) is 9.97 Å². The Bertz CT molecular complexity index is 601. The Morgan fingerprint density at radius 1 is 1.37 bits per heavy atom. The molecule has 0 aliphatic rings. The van der Waals surface area contributed by atoms with E-state index in [1.54, 1.807) is 25.1 Å². The molecule has 0 saturated heterocycles. The largest absolute Gasteiger partial charge is 0.481 e. The van der Waals surface area contributed by atoms with Crippen molar-refractivity contribution < 1.29 is 9.53 Å². The molecule has 19 heavy (non-hydrogen) atoms. The quantitative estimate of drug-likeness (QED) is 0.876. The van der Waals surface area contributed by atoms with Gasteiger partial charge >= 0.3 is 0 Å². The highest BCUT2D eigenvalue weighted by molar-refractivity contribution is 9.10. The van der Waals surface area contributed by atoms with Gasteiger partial charge in [0.25, 0.3) is 5.91 Å². The summed E-state index contributed by atoms with van der Waals surface area (Å²) in [7, 11) is 1.51. The molecule has 6 nitrogen and oxygen atoms in total. The topological polar surface area (TPSA) is 77.0 Å². The molecule has 98 valence electrons. The molecule has 0 spiro atoms. The first-order valence-corrected chi connectivity index (χ1v) is 6.20. The number of carbonyl (C=O) groups excluding carboxylic acids is 1. The average Bonchev–Trinajstić information content (AvgIpc) is 2.38. The minimum Gasteiger partial charge on any atom is -0.481 e. The number of aryl methyl sites for hydroxylation is 1. The molecule has 2 aromatic heterocycles. The predicted octanol–water partition coefficient (Wildman–Crippen LogP) is 2.20. The van der Waals surface area contributed by atoms with Crippen LogP contribution in [0.15, 0.2) is 29.0 Å². The Morgan fingerprint density at radius 3 is 2.79 bits per heavy atom. The summed E-state index contributed by atoms with van der Waals surface area (Å²) in [6, 6.07) is 5.02. The van der Waals surface area contributed by atoms with Crippen LogP contribution in [-0.2, 0) is 0 Å². The van der Waals surface area contributed by atoms with Crippen LogP contribution < -0.4 is 10.1 Å². The normalized spacial score (nSPS) is 10.1. The molecule has 2 heterocycles. The zero-order chi connectivity index (χ0) is 13.8. The van der Waals surface area contributed by atoms with Crippen LogP contribution in [-0.4, -0.2) is 28.0 Å². The molecule has 0 saturated carbocycles. The molecule has 0 aliphatic carbocycles. The zero-order valence-corrected chi connectivity index (χ0v) is 11.9. The number of ether oxygens (including phenoxy) is 1. The van der Waals surface area contributed by atoms with Gasteiger partial charge in [0.05, 0.1) is 12.7 Å². The van der Waals surface area contributed by atoms with Crippen molar-refractivity contribution in [2.75, 3.05) is 12.4 Å². The van der Waals surface area contributed by atoms with Gasteiger partial charge in [0, 0.05) is 18.0 Å². The van der Waals surface area contributed by atoms with Crippen molar-refractivity contribution in [1.82, 2.24) is 15.0 Å². The van der Waals surface area contributed by atoms with Gasteiger partial charge in [0.2, 0.25) is 11.8 Å². The molecule has 0 bridgehead atoms. The van der Waals surface area contributed by atoms with Crippen molar-refractivity contribution in [2.45, 2.75) is 6.92 Å². The van der Waals surface area contributed by atoms with Gasteiger partial charge < -0.3 is 4.74 Å². The smallest absolute Gasteiger partial charge is 0.259 e. The van der Waals surface area contributed by atoms with Gasteiger partial charge in [-0.2, -0.15) is 4.98 Å². The van der Waals surface area contributed by atoms with Crippen LogP contribution in [0.3, 0.4) is 0 Å². The molecule has 2 rings (SSSR count). The maximum Gasteiger partial charge on any atom is 0.259 e. The lowest BCUT2D eigenvalue weighted by Gasteiger charge is -2.06. The highest BCUT2D eigenvalue weighted by Crippen LogP contribution is 2.12. The Kier molecular flexibility index (Phi) is 4.06. The fraction of sp³-hybridized carbons (Fsp3) is 0.167. The molecular formula is C12H11BrN4O2. The Balaban J connectivity index is 2.18. The van der Waals surface area contributed by atoms with Crippen LogP contribution in [0.5, 0.6) is 5.88 Å². The summed E-state index contributed by atoms with van der Waals surface area (Å²) in [5.41, 5.74) is 1.13. The third-order valence-corrected chi connectivity index (χ3v) is 2.72. The second-order valence-electron chi connectivity index (χ2n) is 3.70. The van der Waals surface area contributed by atoms with E-state index in [2.05, 4.69) is 36.2 Å². The van der Waals surface area contributed by atoms with Crippen molar-refractivity contribution in [3.8, 4) is 5.88 Å². The van der Waals surface area contributed by atoms with E-state index in [-0.39, 0.29) is 11.9 Å². The van der Waals surface area contributed by atoms with Crippen molar-refractivity contribution in [2.24, 2.45) is 0 Å². The number of aromatic nitrogens is 3. The number of hydrogen-bond acceptors (Lipinski definition) is 5. The summed E-state index contributed by atoms with van der Waals surface area (Å²) < 4.78 is 5.68. The zero-order valence-electron chi connectivity index (χ0n) is 10.3. The predicted molar refractivity (Wildman–Crippen MR) is 73.2 cm³/mol. The molecule has 0 unspecified atom stereocenters. The lowest BCUT2D eigenvalue weighted by Crippen LogP contribution is -2.15. The first-order chi connectivity index (χ1) is 9.08. The number of rotatable bonds is 3. The number of nitrogens with zero attached hydrogens (tertiary/aromatic N) is 3. The minimum absolute atomic E-state index is 0.199. The van der Waals surface area contributed by atoms with Crippen molar-refractivity contribution in [3.05, 3.63) is 40.3 Å². The second-order valence-corrected chi connectivity index (χ2v) is 4.51. The van der Waals surface area contributed by atoms with Crippen molar-refractivity contribution >= 4 is 27.8 Å². The Labute approximate surface area is 118 Å². The van der Waals surface area contributed by atoms with E-state index in [1.165, 1.54) is 13.3 Å². The summed E-state index contributed by atoms with van der Waals surface area (Å²) in [5, 5.41) is 2.60. The fourth-order valence-corrected chi connectivity index (χ4v) is 1.62. The fourth-order valence-electron chi connectivity index (χ4n) is 1.38. The van der Waals surface area contributed by atoms with E-state index >= 15 is 0 Å². The maximum absolute atomic E-state index is 11.9. The first-order valence-electron chi connectivity index (χ1n) is 5.41. The number of carbonyl (C=O) groups is 1. The molecule has 0 atom stereocenters. The molecule has 1 N–H and O–H groups in total. The molecule has 2 aromatic rings. The van der Waals surface area contributed by atoms with E-state index in [0.717, 1.165) is 0 Å².